The van der Waals surface area contributed by atoms with Crippen LogP contribution in [0, 0.1) is 0 Å². The number of hydrogen-bond donors (Lipinski definition) is 1. The molecule has 2 rings (SSSR count). The van der Waals surface area contributed by atoms with Gasteiger partial charge in [0.25, 0.3) is 0 Å². The zero-order chi connectivity index (χ0) is 10.5. The van der Waals surface area contributed by atoms with Crippen LogP contribution in [-0.2, 0) is 0 Å². The van der Waals surface area contributed by atoms with Gasteiger partial charge in [-0.25, -0.2) is 0 Å². The minimum Gasteiger partial charge on any atom is -0.308 e. The number of rotatable bonds is 3. The summed E-state index contributed by atoms with van der Waals surface area (Å²) in [6.45, 7) is 0. The van der Waals surface area contributed by atoms with Crippen molar-refractivity contribution in [1.82, 2.24) is 25.5 Å². The Morgan fingerprint density at radius 1 is 1.13 bits per heavy atom. The monoisotopic (exact) mass is 201 g/mol. The van der Waals surface area contributed by atoms with Crippen LogP contribution in [0.2, 0.25) is 0 Å². The van der Waals surface area contributed by atoms with Crippen LogP contribution in [0.25, 0.3) is 0 Å². The van der Waals surface area contributed by atoms with Gasteiger partial charge in [0.2, 0.25) is 0 Å². The van der Waals surface area contributed by atoms with Crippen molar-refractivity contribution in [1.29, 1.82) is 0 Å². The van der Waals surface area contributed by atoms with E-state index in [1.54, 1.807) is 31.0 Å². The van der Waals surface area contributed by atoms with Crippen molar-refractivity contribution in [2.24, 2.45) is 0 Å². The Labute approximate surface area is 87.6 Å². The molecule has 0 bridgehead atoms. The summed E-state index contributed by atoms with van der Waals surface area (Å²) in [4.78, 5) is 8.29. The molecule has 0 aliphatic rings. The van der Waals surface area contributed by atoms with Crippen LogP contribution in [0.1, 0.15) is 17.3 Å². The summed E-state index contributed by atoms with van der Waals surface area (Å²) in [5.41, 5.74) is 1.89. The summed E-state index contributed by atoms with van der Waals surface area (Å²) in [6, 6.07) is 1.91. The molecule has 0 fully saturated rings. The highest BCUT2D eigenvalue weighted by molar-refractivity contribution is 5.21. The number of aromatic nitrogens is 4. The molecule has 1 unspecified atom stereocenters. The molecule has 5 nitrogen and oxygen atoms in total. The molecule has 5 heteroatoms. The molecule has 0 aliphatic carbocycles. The molecule has 0 saturated carbocycles. The molecule has 0 amide bonds. The van der Waals surface area contributed by atoms with Crippen molar-refractivity contribution < 1.29 is 0 Å². The molecule has 2 heterocycles. The van der Waals surface area contributed by atoms with E-state index in [2.05, 4.69) is 25.5 Å². The second-order valence-electron chi connectivity index (χ2n) is 3.03. The number of hydrogen-bond acceptors (Lipinski definition) is 5. The molecule has 0 spiro atoms. The molecule has 76 valence electrons. The Bertz CT molecular complexity index is 363. The Hall–Kier alpha value is -1.88. The van der Waals surface area contributed by atoms with Gasteiger partial charge in [0.15, 0.2) is 0 Å². The maximum absolute atomic E-state index is 4.25. The minimum atomic E-state index is 0.00852. The Morgan fingerprint density at radius 2 is 2.07 bits per heavy atom. The molecule has 0 saturated heterocycles. The minimum absolute atomic E-state index is 0.00852. The Balaban J connectivity index is 2.34. The molecule has 2 aromatic rings. The first kappa shape index (κ1) is 9.67. The maximum atomic E-state index is 4.25. The average Bonchev–Trinajstić information content (AvgIpc) is 2.33. The van der Waals surface area contributed by atoms with Gasteiger partial charge in [-0.15, -0.1) is 0 Å². The third-order valence-electron chi connectivity index (χ3n) is 2.11. The van der Waals surface area contributed by atoms with E-state index in [0.29, 0.717) is 0 Å². The Morgan fingerprint density at radius 3 is 2.67 bits per heavy atom. The lowest BCUT2D eigenvalue weighted by Crippen LogP contribution is -2.19. The lowest BCUT2D eigenvalue weighted by molar-refractivity contribution is 0.661. The highest BCUT2D eigenvalue weighted by Crippen LogP contribution is 2.16. The van der Waals surface area contributed by atoms with Gasteiger partial charge in [-0.2, -0.15) is 10.2 Å². The standard InChI is InChI=1S/C10H11N5/c1-11-10(8-2-3-14-15-6-8)9-7-12-4-5-13-9/h2-7,10-11H,1H3. The second kappa shape index (κ2) is 4.56. The fourth-order valence-electron chi connectivity index (χ4n) is 1.42. The first-order valence-electron chi connectivity index (χ1n) is 4.61. The van der Waals surface area contributed by atoms with E-state index in [9.17, 15) is 0 Å². The smallest absolute Gasteiger partial charge is 0.0802 e. The zero-order valence-electron chi connectivity index (χ0n) is 8.33. The molecule has 0 aromatic carbocycles. The predicted octanol–water partition coefficient (Wildman–Crippen LogP) is 0.575. The van der Waals surface area contributed by atoms with Crippen LogP contribution in [0.15, 0.2) is 37.1 Å². The van der Waals surface area contributed by atoms with Crippen molar-refractivity contribution in [3.63, 3.8) is 0 Å². The van der Waals surface area contributed by atoms with Crippen LogP contribution in [-0.4, -0.2) is 27.2 Å². The van der Waals surface area contributed by atoms with Crippen molar-refractivity contribution >= 4 is 0 Å². The molecule has 1 N–H and O–H groups in total. The number of nitrogens with zero attached hydrogens (tertiary/aromatic N) is 4. The molecule has 2 aromatic heterocycles. The molecule has 15 heavy (non-hydrogen) atoms. The van der Waals surface area contributed by atoms with Crippen molar-refractivity contribution in [3.8, 4) is 0 Å². The second-order valence-corrected chi connectivity index (χ2v) is 3.03. The van der Waals surface area contributed by atoms with Gasteiger partial charge in [0, 0.05) is 18.6 Å². The first-order chi connectivity index (χ1) is 7.42. The molecule has 1 atom stereocenters. The fraction of sp³-hybridized carbons (Fsp3) is 0.200. The van der Waals surface area contributed by atoms with E-state index in [0.717, 1.165) is 11.3 Å². The van der Waals surface area contributed by atoms with Gasteiger partial charge in [-0.05, 0) is 18.7 Å². The van der Waals surface area contributed by atoms with Gasteiger partial charge in [-0.1, -0.05) is 0 Å². The highest BCUT2D eigenvalue weighted by Gasteiger charge is 2.12. The van der Waals surface area contributed by atoms with Gasteiger partial charge in [0.1, 0.15) is 0 Å². The fourth-order valence-corrected chi connectivity index (χ4v) is 1.42. The SMILES string of the molecule is CNC(c1ccnnc1)c1cnccn1. The summed E-state index contributed by atoms with van der Waals surface area (Å²) in [5.74, 6) is 0. The topological polar surface area (TPSA) is 63.6 Å². The van der Waals surface area contributed by atoms with Crippen molar-refractivity contribution in [2.45, 2.75) is 6.04 Å². The largest absolute Gasteiger partial charge is 0.308 e. The molecular weight excluding hydrogens is 190 g/mol. The van der Waals surface area contributed by atoms with Crippen LogP contribution in [0.3, 0.4) is 0 Å². The van der Waals surface area contributed by atoms with Crippen LogP contribution in [0.4, 0.5) is 0 Å². The lowest BCUT2D eigenvalue weighted by atomic mass is 10.1. The molecule has 0 radical (unpaired) electrons. The van der Waals surface area contributed by atoms with E-state index < -0.39 is 0 Å². The predicted molar refractivity (Wildman–Crippen MR) is 55.0 cm³/mol. The van der Waals surface area contributed by atoms with Gasteiger partial charge in [0.05, 0.1) is 24.1 Å². The summed E-state index contributed by atoms with van der Waals surface area (Å²) < 4.78 is 0. The third-order valence-corrected chi connectivity index (χ3v) is 2.11. The van der Waals surface area contributed by atoms with Crippen LogP contribution < -0.4 is 5.32 Å². The summed E-state index contributed by atoms with van der Waals surface area (Å²) >= 11 is 0. The van der Waals surface area contributed by atoms with E-state index in [1.165, 1.54) is 0 Å². The summed E-state index contributed by atoms with van der Waals surface area (Å²) in [7, 11) is 1.87. The summed E-state index contributed by atoms with van der Waals surface area (Å²) in [5, 5.41) is 10.7. The zero-order valence-corrected chi connectivity index (χ0v) is 8.33. The Kier molecular flexibility index (Phi) is 2.94. The molecular formula is C10H11N5. The van der Waals surface area contributed by atoms with Crippen LogP contribution >= 0.6 is 0 Å². The highest BCUT2D eigenvalue weighted by atomic mass is 15.1. The number of nitrogens with one attached hydrogen (secondary N) is 1. The van der Waals surface area contributed by atoms with Crippen LogP contribution in [0.5, 0.6) is 0 Å². The summed E-state index contributed by atoms with van der Waals surface area (Å²) in [6.07, 6.45) is 8.45. The van der Waals surface area contributed by atoms with Crippen molar-refractivity contribution in [2.75, 3.05) is 7.05 Å². The van der Waals surface area contributed by atoms with E-state index >= 15 is 0 Å². The van der Waals surface area contributed by atoms with Crippen molar-refractivity contribution in [3.05, 3.63) is 48.3 Å². The van der Waals surface area contributed by atoms with E-state index in [4.69, 9.17) is 0 Å². The van der Waals surface area contributed by atoms with Gasteiger partial charge >= 0.3 is 0 Å². The first-order valence-corrected chi connectivity index (χ1v) is 4.61. The van der Waals surface area contributed by atoms with E-state index in [-0.39, 0.29) is 6.04 Å². The normalized spacial score (nSPS) is 12.3. The average molecular weight is 201 g/mol. The maximum Gasteiger partial charge on any atom is 0.0802 e. The van der Waals surface area contributed by atoms with Gasteiger partial charge in [-0.3, -0.25) is 9.97 Å². The quantitative estimate of drug-likeness (QED) is 0.786. The lowest BCUT2D eigenvalue weighted by Gasteiger charge is -2.14. The van der Waals surface area contributed by atoms with Gasteiger partial charge < -0.3 is 5.32 Å². The third kappa shape index (κ3) is 2.13. The van der Waals surface area contributed by atoms with E-state index in [1.807, 2.05) is 13.1 Å². The molecule has 0 aliphatic heterocycles.